The van der Waals surface area contributed by atoms with Crippen LogP contribution < -0.4 is 5.32 Å². The zero-order valence-corrected chi connectivity index (χ0v) is 9.89. The lowest BCUT2D eigenvalue weighted by Gasteiger charge is -2.33. The van der Waals surface area contributed by atoms with E-state index < -0.39 is 0 Å². The molecule has 0 bridgehead atoms. The SMILES string of the molecule is C=C[C@@H](c1ccc(C#N)cc1)N1CCNCC1. The van der Waals surface area contributed by atoms with Gasteiger partial charge in [0.25, 0.3) is 0 Å². The van der Waals surface area contributed by atoms with Crippen LogP contribution in [0.1, 0.15) is 17.2 Å². The first-order valence-electron chi connectivity index (χ1n) is 5.92. The molecule has 1 aliphatic rings. The van der Waals surface area contributed by atoms with Crippen LogP contribution in [0.2, 0.25) is 0 Å². The largest absolute Gasteiger partial charge is 0.314 e. The Morgan fingerprint density at radius 3 is 2.47 bits per heavy atom. The van der Waals surface area contributed by atoms with Gasteiger partial charge in [-0.2, -0.15) is 5.26 Å². The van der Waals surface area contributed by atoms with Gasteiger partial charge in [0.2, 0.25) is 0 Å². The van der Waals surface area contributed by atoms with E-state index in [1.165, 1.54) is 5.56 Å². The highest BCUT2D eigenvalue weighted by atomic mass is 15.2. The summed E-state index contributed by atoms with van der Waals surface area (Å²) in [5.41, 5.74) is 1.91. The molecule has 1 heterocycles. The highest BCUT2D eigenvalue weighted by Gasteiger charge is 2.18. The highest BCUT2D eigenvalue weighted by molar-refractivity contribution is 5.34. The monoisotopic (exact) mass is 227 g/mol. The Morgan fingerprint density at radius 2 is 1.94 bits per heavy atom. The molecule has 1 aliphatic heterocycles. The second-order valence-electron chi connectivity index (χ2n) is 4.20. The van der Waals surface area contributed by atoms with E-state index in [1.807, 2.05) is 30.3 Å². The first-order chi connectivity index (χ1) is 8.35. The fourth-order valence-corrected chi connectivity index (χ4v) is 2.21. The molecule has 0 amide bonds. The average molecular weight is 227 g/mol. The van der Waals surface area contributed by atoms with Crippen LogP contribution in [0.5, 0.6) is 0 Å². The Bertz CT molecular complexity index is 410. The summed E-state index contributed by atoms with van der Waals surface area (Å²) in [5, 5.41) is 12.1. The van der Waals surface area contributed by atoms with Crippen LogP contribution in [0.25, 0.3) is 0 Å². The summed E-state index contributed by atoms with van der Waals surface area (Å²) in [7, 11) is 0. The molecule has 2 rings (SSSR count). The molecule has 1 aromatic rings. The summed E-state index contributed by atoms with van der Waals surface area (Å²) in [6, 6.07) is 10.2. The van der Waals surface area contributed by atoms with E-state index in [2.05, 4.69) is 22.9 Å². The summed E-state index contributed by atoms with van der Waals surface area (Å²) >= 11 is 0. The zero-order chi connectivity index (χ0) is 12.1. The molecule has 0 saturated carbocycles. The van der Waals surface area contributed by atoms with E-state index >= 15 is 0 Å². The maximum atomic E-state index is 8.78. The van der Waals surface area contributed by atoms with E-state index in [0.717, 1.165) is 26.2 Å². The van der Waals surface area contributed by atoms with Crippen LogP contribution in [-0.4, -0.2) is 31.1 Å². The van der Waals surface area contributed by atoms with Crippen LogP contribution in [0, 0.1) is 11.3 Å². The van der Waals surface area contributed by atoms with Crippen molar-refractivity contribution in [3.8, 4) is 6.07 Å². The molecule has 3 nitrogen and oxygen atoms in total. The predicted octanol–water partition coefficient (Wildman–Crippen LogP) is 1.69. The molecule has 1 N–H and O–H groups in total. The van der Waals surface area contributed by atoms with Crippen molar-refractivity contribution in [1.29, 1.82) is 5.26 Å². The van der Waals surface area contributed by atoms with Crippen molar-refractivity contribution >= 4 is 0 Å². The standard InChI is InChI=1S/C14H17N3/c1-2-14(17-9-7-16-8-10-17)13-5-3-12(11-15)4-6-13/h2-6,14,16H,1,7-10H2/t14-/m0/s1. The molecule has 0 aliphatic carbocycles. The van der Waals surface area contributed by atoms with Crippen molar-refractivity contribution in [2.75, 3.05) is 26.2 Å². The minimum atomic E-state index is 0.254. The van der Waals surface area contributed by atoms with Crippen LogP contribution in [-0.2, 0) is 0 Å². The van der Waals surface area contributed by atoms with Crippen molar-refractivity contribution in [2.24, 2.45) is 0 Å². The fraction of sp³-hybridized carbons (Fsp3) is 0.357. The van der Waals surface area contributed by atoms with Gasteiger partial charge in [-0.3, -0.25) is 4.90 Å². The molecule has 0 unspecified atom stereocenters. The molecule has 1 atom stereocenters. The maximum Gasteiger partial charge on any atom is 0.0991 e. The van der Waals surface area contributed by atoms with Gasteiger partial charge in [-0.1, -0.05) is 18.2 Å². The number of piperazine rings is 1. The highest BCUT2D eigenvalue weighted by Crippen LogP contribution is 2.22. The molecule has 1 aromatic carbocycles. The normalized spacial score (nSPS) is 18.3. The minimum Gasteiger partial charge on any atom is -0.314 e. The predicted molar refractivity (Wildman–Crippen MR) is 68.5 cm³/mol. The van der Waals surface area contributed by atoms with Gasteiger partial charge in [0.05, 0.1) is 17.7 Å². The summed E-state index contributed by atoms with van der Waals surface area (Å²) in [4.78, 5) is 2.41. The third kappa shape index (κ3) is 2.73. The number of nitriles is 1. The van der Waals surface area contributed by atoms with Gasteiger partial charge in [0, 0.05) is 26.2 Å². The molecular formula is C14H17N3. The molecule has 17 heavy (non-hydrogen) atoms. The summed E-state index contributed by atoms with van der Waals surface area (Å²) in [6.45, 7) is 8.06. The summed E-state index contributed by atoms with van der Waals surface area (Å²) < 4.78 is 0. The van der Waals surface area contributed by atoms with E-state index in [4.69, 9.17) is 5.26 Å². The Labute approximate surface area is 102 Å². The average Bonchev–Trinajstić information content (AvgIpc) is 2.42. The number of hydrogen-bond acceptors (Lipinski definition) is 3. The lowest BCUT2D eigenvalue weighted by molar-refractivity contribution is 0.203. The van der Waals surface area contributed by atoms with Gasteiger partial charge in [-0.25, -0.2) is 0 Å². The van der Waals surface area contributed by atoms with Crippen LogP contribution in [0.4, 0.5) is 0 Å². The van der Waals surface area contributed by atoms with E-state index in [9.17, 15) is 0 Å². The second-order valence-corrected chi connectivity index (χ2v) is 4.20. The summed E-state index contributed by atoms with van der Waals surface area (Å²) in [6.07, 6.45) is 1.98. The van der Waals surface area contributed by atoms with E-state index in [-0.39, 0.29) is 6.04 Å². The Morgan fingerprint density at radius 1 is 1.29 bits per heavy atom. The molecule has 88 valence electrons. The van der Waals surface area contributed by atoms with Gasteiger partial charge in [-0.15, -0.1) is 6.58 Å². The maximum absolute atomic E-state index is 8.78. The Kier molecular flexibility index (Phi) is 3.92. The Hall–Kier alpha value is -1.63. The summed E-state index contributed by atoms with van der Waals surface area (Å²) in [5.74, 6) is 0. The van der Waals surface area contributed by atoms with E-state index in [0.29, 0.717) is 5.56 Å². The fourth-order valence-electron chi connectivity index (χ4n) is 2.21. The lowest BCUT2D eigenvalue weighted by atomic mass is 10.0. The molecule has 3 heteroatoms. The van der Waals surface area contributed by atoms with Gasteiger partial charge < -0.3 is 5.32 Å². The second kappa shape index (κ2) is 5.62. The lowest BCUT2D eigenvalue weighted by Crippen LogP contribution is -2.44. The van der Waals surface area contributed by atoms with Crippen LogP contribution >= 0.6 is 0 Å². The topological polar surface area (TPSA) is 39.1 Å². The number of nitrogens with one attached hydrogen (secondary N) is 1. The smallest absolute Gasteiger partial charge is 0.0991 e. The third-order valence-corrected chi connectivity index (χ3v) is 3.15. The van der Waals surface area contributed by atoms with Crippen LogP contribution in [0.15, 0.2) is 36.9 Å². The Balaban J connectivity index is 2.16. The van der Waals surface area contributed by atoms with E-state index in [1.54, 1.807) is 0 Å². The van der Waals surface area contributed by atoms with Crippen molar-refractivity contribution in [1.82, 2.24) is 10.2 Å². The quantitative estimate of drug-likeness (QED) is 0.799. The molecule has 0 radical (unpaired) electrons. The molecule has 1 saturated heterocycles. The third-order valence-electron chi connectivity index (χ3n) is 3.15. The number of hydrogen-bond donors (Lipinski definition) is 1. The number of rotatable bonds is 3. The van der Waals surface area contributed by atoms with Gasteiger partial charge >= 0.3 is 0 Å². The molecule has 0 spiro atoms. The molecule has 1 fully saturated rings. The number of benzene rings is 1. The van der Waals surface area contributed by atoms with Crippen molar-refractivity contribution in [3.05, 3.63) is 48.0 Å². The van der Waals surface area contributed by atoms with Gasteiger partial charge in [0.1, 0.15) is 0 Å². The molecule has 0 aromatic heterocycles. The first-order valence-corrected chi connectivity index (χ1v) is 5.92. The molecular weight excluding hydrogens is 210 g/mol. The zero-order valence-electron chi connectivity index (χ0n) is 9.89. The van der Waals surface area contributed by atoms with Crippen molar-refractivity contribution < 1.29 is 0 Å². The minimum absolute atomic E-state index is 0.254. The number of nitrogens with zero attached hydrogens (tertiary/aromatic N) is 2. The van der Waals surface area contributed by atoms with Gasteiger partial charge in [-0.05, 0) is 17.7 Å². The van der Waals surface area contributed by atoms with Crippen molar-refractivity contribution in [2.45, 2.75) is 6.04 Å². The van der Waals surface area contributed by atoms with Crippen molar-refractivity contribution in [3.63, 3.8) is 0 Å². The first kappa shape index (κ1) is 11.8. The van der Waals surface area contributed by atoms with Gasteiger partial charge in [0.15, 0.2) is 0 Å². The van der Waals surface area contributed by atoms with Crippen LogP contribution in [0.3, 0.4) is 0 Å².